The summed E-state index contributed by atoms with van der Waals surface area (Å²) >= 11 is 0. The van der Waals surface area contributed by atoms with Gasteiger partial charge in [-0.05, 0) is 46.5 Å². The average Bonchev–Trinajstić information content (AvgIpc) is 2.78. The van der Waals surface area contributed by atoms with Gasteiger partial charge in [-0.3, -0.25) is 4.79 Å². The summed E-state index contributed by atoms with van der Waals surface area (Å²) < 4.78 is 26.4. The van der Waals surface area contributed by atoms with E-state index in [-0.39, 0.29) is 26.7 Å². The van der Waals surface area contributed by atoms with Gasteiger partial charge in [0.2, 0.25) is 9.84 Å². The van der Waals surface area contributed by atoms with Gasteiger partial charge in [-0.25, -0.2) is 8.42 Å². The van der Waals surface area contributed by atoms with Gasteiger partial charge in [-0.1, -0.05) is 72.8 Å². The molecule has 4 aromatic carbocycles. The molecule has 1 aliphatic rings. The lowest BCUT2D eigenvalue weighted by Gasteiger charge is -2.20. The van der Waals surface area contributed by atoms with Gasteiger partial charge >= 0.3 is 0 Å². The molecule has 0 aromatic heterocycles. The van der Waals surface area contributed by atoms with Crippen molar-refractivity contribution in [1.82, 2.24) is 0 Å². The molecule has 0 bridgehead atoms. The fraction of sp³-hybridized carbons (Fsp3) is 0. The van der Waals surface area contributed by atoms with E-state index in [4.69, 9.17) is 0 Å². The van der Waals surface area contributed by atoms with Crippen molar-refractivity contribution < 1.29 is 13.2 Å². The Kier molecular flexibility index (Phi) is 3.96. The Bertz CT molecular complexity index is 1260. The number of hydrogen-bond acceptors (Lipinski definition) is 3. The van der Waals surface area contributed by atoms with Crippen molar-refractivity contribution in [2.45, 2.75) is 9.79 Å². The van der Waals surface area contributed by atoms with Crippen LogP contribution in [0.15, 0.2) is 107 Å². The highest BCUT2D eigenvalue weighted by atomic mass is 32.2. The van der Waals surface area contributed by atoms with Gasteiger partial charge in [0.1, 0.15) is 0 Å². The third-order valence-corrected chi connectivity index (χ3v) is 7.11. The molecule has 5 rings (SSSR count). The smallest absolute Gasteiger partial charge is 0.208 e. The second-order valence-corrected chi connectivity index (χ2v) is 8.87. The van der Waals surface area contributed by atoms with Crippen LogP contribution < -0.4 is 0 Å². The van der Waals surface area contributed by atoms with Crippen LogP contribution in [-0.2, 0) is 9.84 Å². The van der Waals surface area contributed by atoms with Gasteiger partial charge in [-0.2, -0.15) is 0 Å². The first kappa shape index (κ1) is 17.6. The molecule has 0 aliphatic carbocycles. The van der Waals surface area contributed by atoms with Crippen molar-refractivity contribution >= 4 is 15.6 Å². The van der Waals surface area contributed by atoms with Gasteiger partial charge in [0.15, 0.2) is 5.78 Å². The second kappa shape index (κ2) is 6.54. The summed E-state index contributed by atoms with van der Waals surface area (Å²) in [5.41, 5.74) is 3.95. The van der Waals surface area contributed by atoms with Gasteiger partial charge in [-0.15, -0.1) is 0 Å². The Morgan fingerprint density at radius 1 is 0.483 bits per heavy atom. The van der Waals surface area contributed by atoms with Gasteiger partial charge in [0, 0.05) is 11.1 Å². The summed E-state index contributed by atoms with van der Waals surface area (Å²) in [6.45, 7) is 0. The SMILES string of the molecule is O=C1c2cc(-c3ccccc3)ccc2S(=O)(=O)c2ccc(-c3ccccc3)cc21. The number of fused-ring (bicyclic) bond motifs is 2. The van der Waals surface area contributed by atoms with E-state index in [9.17, 15) is 13.2 Å². The lowest BCUT2D eigenvalue weighted by Crippen LogP contribution is -2.20. The molecule has 0 saturated heterocycles. The maximum absolute atomic E-state index is 13.3. The minimum atomic E-state index is -3.75. The van der Waals surface area contributed by atoms with E-state index in [0.29, 0.717) is 0 Å². The highest BCUT2D eigenvalue weighted by Gasteiger charge is 2.35. The highest BCUT2D eigenvalue weighted by Crippen LogP contribution is 2.38. The van der Waals surface area contributed by atoms with E-state index in [1.165, 1.54) is 0 Å². The molecule has 0 unspecified atom stereocenters. The number of hydrogen-bond donors (Lipinski definition) is 0. The quantitative estimate of drug-likeness (QED) is 0.402. The Labute approximate surface area is 169 Å². The molecule has 0 saturated carbocycles. The molecule has 1 aliphatic heterocycles. The number of carbonyl (C=O) groups excluding carboxylic acids is 1. The molecule has 4 heteroatoms. The Morgan fingerprint density at radius 3 is 1.31 bits per heavy atom. The van der Waals surface area contributed by atoms with Gasteiger partial charge < -0.3 is 0 Å². The molecule has 0 N–H and O–H groups in total. The molecular formula is C25H16O3S. The largest absolute Gasteiger partial charge is 0.289 e. The summed E-state index contributed by atoms with van der Waals surface area (Å²) in [7, 11) is -3.75. The maximum Gasteiger partial charge on any atom is 0.208 e. The Morgan fingerprint density at radius 2 is 0.897 bits per heavy atom. The number of sulfone groups is 1. The van der Waals surface area contributed by atoms with Crippen LogP contribution in [0, 0.1) is 0 Å². The van der Waals surface area contributed by atoms with E-state index in [2.05, 4.69) is 0 Å². The molecular weight excluding hydrogens is 380 g/mol. The molecule has 4 aromatic rings. The zero-order chi connectivity index (χ0) is 20.0. The van der Waals surface area contributed by atoms with Crippen LogP contribution >= 0.6 is 0 Å². The minimum absolute atomic E-state index is 0.0714. The van der Waals surface area contributed by atoms with Crippen molar-refractivity contribution in [3.05, 3.63) is 108 Å². The average molecular weight is 396 g/mol. The van der Waals surface area contributed by atoms with Crippen LogP contribution in [0.1, 0.15) is 15.9 Å². The van der Waals surface area contributed by atoms with Crippen LogP contribution in [-0.4, -0.2) is 14.2 Å². The highest BCUT2D eigenvalue weighted by molar-refractivity contribution is 7.91. The number of carbonyl (C=O) groups is 1. The summed E-state index contributed by atoms with van der Waals surface area (Å²) in [5, 5.41) is 0. The predicted octanol–water partition coefficient (Wildman–Crippen LogP) is 5.40. The first-order chi connectivity index (χ1) is 14.1. The van der Waals surface area contributed by atoms with E-state index in [1.54, 1.807) is 36.4 Å². The third-order valence-electron chi connectivity index (χ3n) is 5.24. The van der Waals surface area contributed by atoms with Crippen molar-refractivity contribution in [3.63, 3.8) is 0 Å². The summed E-state index contributed by atoms with van der Waals surface area (Å²) in [5.74, 6) is -0.264. The van der Waals surface area contributed by atoms with Gasteiger partial charge in [0.25, 0.3) is 0 Å². The molecule has 0 amide bonds. The van der Waals surface area contributed by atoms with Crippen LogP contribution in [0.3, 0.4) is 0 Å². The Balaban J connectivity index is 1.70. The lowest BCUT2D eigenvalue weighted by molar-refractivity contribution is 0.103. The molecule has 0 radical (unpaired) electrons. The number of rotatable bonds is 2. The van der Waals surface area contributed by atoms with Gasteiger partial charge in [0.05, 0.1) is 9.79 Å². The zero-order valence-electron chi connectivity index (χ0n) is 15.4. The van der Waals surface area contributed by atoms with Crippen molar-refractivity contribution in [1.29, 1.82) is 0 Å². The standard InChI is InChI=1S/C25H16O3S/c26-25-21-15-19(17-7-3-1-4-8-17)11-13-23(21)29(27,28)24-14-12-20(16-22(24)25)18-9-5-2-6-10-18/h1-16H. The normalized spacial score (nSPS) is 14.1. The monoisotopic (exact) mass is 396 g/mol. The van der Waals surface area contributed by atoms with Crippen LogP contribution in [0.5, 0.6) is 0 Å². The van der Waals surface area contributed by atoms with Crippen molar-refractivity contribution in [2.75, 3.05) is 0 Å². The topological polar surface area (TPSA) is 51.2 Å². The summed E-state index contributed by atoms with van der Waals surface area (Å²) in [6, 6.07) is 29.2. The Hall–Kier alpha value is -3.50. The fourth-order valence-electron chi connectivity index (χ4n) is 3.77. The fourth-order valence-corrected chi connectivity index (χ4v) is 5.38. The molecule has 3 nitrogen and oxygen atoms in total. The maximum atomic E-state index is 13.3. The third kappa shape index (κ3) is 2.80. The molecule has 0 fully saturated rings. The van der Waals surface area contributed by atoms with Crippen LogP contribution in [0.25, 0.3) is 22.3 Å². The minimum Gasteiger partial charge on any atom is -0.289 e. The second-order valence-electron chi connectivity index (χ2n) is 6.99. The number of ketones is 1. The van der Waals surface area contributed by atoms with E-state index in [0.717, 1.165) is 22.3 Å². The predicted molar refractivity (Wildman–Crippen MR) is 113 cm³/mol. The molecule has 0 atom stereocenters. The molecule has 0 spiro atoms. The van der Waals surface area contributed by atoms with E-state index < -0.39 is 9.84 Å². The molecule has 1 heterocycles. The van der Waals surface area contributed by atoms with Crippen molar-refractivity contribution in [3.8, 4) is 22.3 Å². The van der Waals surface area contributed by atoms with Crippen LogP contribution in [0.2, 0.25) is 0 Å². The first-order valence-electron chi connectivity index (χ1n) is 9.24. The van der Waals surface area contributed by atoms with Crippen LogP contribution in [0.4, 0.5) is 0 Å². The summed E-state index contributed by atoms with van der Waals surface area (Å²) in [4.78, 5) is 13.4. The molecule has 140 valence electrons. The lowest BCUT2D eigenvalue weighted by atomic mass is 9.95. The number of benzene rings is 4. The molecule has 29 heavy (non-hydrogen) atoms. The first-order valence-corrected chi connectivity index (χ1v) is 10.7. The van der Waals surface area contributed by atoms with E-state index in [1.807, 2.05) is 60.7 Å². The summed E-state index contributed by atoms with van der Waals surface area (Å²) in [6.07, 6.45) is 0. The van der Waals surface area contributed by atoms with Crippen molar-refractivity contribution in [2.24, 2.45) is 0 Å². The zero-order valence-corrected chi connectivity index (χ0v) is 16.2. The van der Waals surface area contributed by atoms with E-state index >= 15 is 0 Å².